The van der Waals surface area contributed by atoms with Crippen molar-refractivity contribution in [2.75, 3.05) is 13.2 Å². The van der Waals surface area contributed by atoms with Gasteiger partial charge < -0.3 is 51.3 Å². The molecule has 0 amide bonds. The minimum absolute atomic E-state index is 0.0807. The molecule has 300 valence electrons. The van der Waals surface area contributed by atoms with Crippen LogP contribution in [-0.4, -0.2) is 108 Å². The van der Waals surface area contributed by atoms with Crippen LogP contribution in [0.25, 0.3) is 0 Å². The van der Waals surface area contributed by atoms with Crippen molar-refractivity contribution in [1.29, 1.82) is 0 Å². The van der Waals surface area contributed by atoms with Gasteiger partial charge in [-0.05, 0) is 126 Å². The Balaban J connectivity index is 1.11. The van der Waals surface area contributed by atoms with Gasteiger partial charge in [0.1, 0.15) is 42.2 Å². The van der Waals surface area contributed by atoms with Gasteiger partial charge in [0.25, 0.3) is 0 Å². The number of hydrogen-bond acceptors (Lipinski definition) is 10. The number of aliphatic hydroxyl groups excluding tert-OH is 7. The molecule has 10 nitrogen and oxygen atoms in total. The summed E-state index contributed by atoms with van der Waals surface area (Å²) >= 11 is 0. The number of allylic oxidation sites excluding steroid dienone is 2. The molecule has 5 fully saturated rings. The molecule has 20 atom stereocenters. The number of ether oxygens (including phenoxy) is 1. The van der Waals surface area contributed by atoms with Gasteiger partial charge in [-0.3, -0.25) is 0 Å². The monoisotopic (exact) mass is 736 g/mol. The molecule has 14 unspecified atom stereocenters. The van der Waals surface area contributed by atoms with Crippen LogP contribution in [0.1, 0.15) is 113 Å². The average molecular weight is 736 g/mol. The molecule has 10 heteroatoms. The van der Waals surface area contributed by atoms with Crippen LogP contribution in [0.3, 0.4) is 0 Å². The lowest BCUT2D eigenvalue weighted by Crippen LogP contribution is -2.65. The van der Waals surface area contributed by atoms with Gasteiger partial charge in [0.05, 0.1) is 25.4 Å². The van der Waals surface area contributed by atoms with Crippen molar-refractivity contribution in [3.05, 3.63) is 12.2 Å². The summed E-state index contributed by atoms with van der Waals surface area (Å²) < 4.78 is 5.48. The van der Waals surface area contributed by atoms with Crippen molar-refractivity contribution in [3.8, 4) is 0 Å². The normalized spacial score (nSPS) is 52.5. The Labute approximate surface area is 312 Å². The first kappa shape index (κ1) is 41.0. The molecule has 0 heterocycles. The van der Waals surface area contributed by atoms with Crippen LogP contribution in [0.2, 0.25) is 0 Å². The Morgan fingerprint density at radius 3 is 1.96 bits per heavy atom. The van der Waals surface area contributed by atoms with Crippen LogP contribution >= 0.6 is 0 Å². The maximum atomic E-state index is 11.2. The van der Waals surface area contributed by atoms with Crippen LogP contribution < -0.4 is 5.73 Å². The van der Waals surface area contributed by atoms with Crippen LogP contribution in [0.15, 0.2) is 12.2 Å². The lowest BCUT2D eigenvalue weighted by Gasteiger charge is -2.71. The molecule has 0 spiro atoms. The van der Waals surface area contributed by atoms with Crippen molar-refractivity contribution < 1.29 is 45.6 Å². The summed E-state index contributed by atoms with van der Waals surface area (Å²) in [6.45, 7) is 18.5. The molecule has 0 aliphatic heterocycles. The molecule has 5 saturated carbocycles. The number of nitrogens with two attached hydrogens (primary N) is 1. The molecule has 0 radical (unpaired) electrons. The van der Waals surface area contributed by atoms with E-state index in [1.807, 2.05) is 0 Å². The maximum Gasteiger partial charge on any atom is 0.144 e. The maximum absolute atomic E-state index is 11.2. The lowest BCUT2D eigenvalue weighted by atomic mass is 9.33. The Morgan fingerprint density at radius 1 is 0.788 bits per heavy atom. The Hall–Kier alpha value is -0.660. The highest BCUT2D eigenvalue weighted by Gasteiger charge is 2.69. The predicted octanol–water partition coefficient (Wildman–Crippen LogP) is 3.14. The van der Waals surface area contributed by atoms with E-state index in [1.165, 1.54) is 32.1 Å². The van der Waals surface area contributed by atoms with Crippen LogP contribution in [-0.2, 0) is 4.74 Å². The molecule has 10 N–H and O–H groups in total. The summed E-state index contributed by atoms with van der Waals surface area (Å²) in [5, 5.41) is 84.2. The molecule has 6 aliphatic carbocycles. The van der Waals surface area contributed by atoms with E-state index in [-0.39, 0.29) is 28.6 Å². The van der Waals surface area contributed by atoms with E-state index in [4.69, 9.17) is 10.5 Å². The number of aliphatic hydroxyl groups is 8. The summed E-state index contributed by atoms with van der Waals surface area (Å²) in [7, 11) is 0. The summed E-state index contributed by atoms with van der Waals surface area (Å²) in [5.74, 6) is 3.50. The number of fused-ring (bicyclic) bond motifs is 7. The second-order valence-electron chi connectivity index (χ2n) is 20.6. The first-order valence-electron chi connectivity index (χ1n) is 20.5. The van der Waals surface area contributed by atoms with E-state index in [0.717, 1.165) is 31.1 Å². The quantitative estimate of drug-likeness (QED) is 0.150. The number of hydrogen-bond donors (Lipinski definition) is 9. The second kappa shape index (κ2) is 13.8. The van der Waals surface area contributed by atoms with Gasteiger partial charge in [0.15, 0.2) is 0 Å². The zero-order valence-corrected chi connectivity index (χ0v) is 33.2. The van der Waals surface area contributed by atoms with Gasteiger partial charge in [-0.2, -0.15) is 0 Å². The Morgan fingerprint density at radius 2 is 1.35 bits per heavy atom. The van der Waals surface area contributed by atoms with Crippen molar-refractivity contribution in [2.45, 2.75) is 168 Å². The average Bonchev–Trinajstić information content (AvgIpc) is 3.52. The Kier molecular flexibility index (Phi) is 10.9. The van der Waals surface area contributed by atoms with Gasteiger partial charge >= 0.3 is 0 Å². The molecule has 0 saturated heterocycles. The van der Waals surface area contributed by atoms with Crippen LogP contribution in [0.5, 0.6) is 0 Å². The van der Waals surface area contributed by atoms with E-state index in [1.54, 1.807) is 0 Å². The van der Waals surface area contributed by atoms with E-state index in [0.29, 0.717) is 34.5 Å². The molecule has 0 aromatic carbocycles. The van der Waals surface area contributed by atoms with Crippen molar-refractivity contribution in [1.82, 2.24) is 0 Å². The third kappa shape index (κ3) is 5.77. The highest BCUT2D eigenvalue weighted by Crippen LogP contribution is 2.77. The van der Waals surface area contributed by atoms with Gasteiger partial charge in [-0.25, -0.2) is 0 Å². The largest absolute Gasteiger partial charge is 0.393 e. The van der Waals surface area contributed by atoms with Crippen LogP contribution in [0, 0.1) is 68.5 Å². The first-order chi connectivity index (χ1) is 24.1. The fraction of sp³-hybridized carbons (Fsp3) is 0.952. The molecular formula is C42H73NO9. The van der Waals surface area contributed by atoms with Crippen LogP contribution in [0.4, 0.5) is 0 Å². The molecule has 0 aromatic heterocycles. The highest BCUT2D eigenvalue weighted by molar-refractivity contribution is 5.27. The summed E-state index contributed by atoms with van der Waals surface area (Å²) in [6, 6.07) is -1.26. The van der Waals surface area contributed by atoms with E-state index in [2.05, 4.69) is 67.5 Å². The fourth-order valence-corrected chi connectivity index (χ4v) is 14.4. The van der Waals surface area contributed by atoms with Crippen molar-refractivity contribution in [3.63, 3.8) is 0 Å². The van der Waals surface area contributed by atoms with Crippen molar-refractivity contribution in [2.24, 2.45) is 74.2 Å². The standard InChI is InChI=1S/C42H73NO9/c1-22(19-26(45)32(47)33(48)27(46)20-52-36-31(43)34(49)35(50)42(36,51)21-44)24-12-16-38(5)25(24)13-17-40(7)29(38)9-10-30-39(6)15-11-23(2)37(3,4)28(39)14-18-41(30,40)8/h9-10,22-36,44-51H,11-21,43H2,1-8H3/t22?,23-,24+,25?,26?,27?,28?,29?,30?,31?,32?,33?,34?,35?,36?,38-,39-,40+,41+,42?/m0/s1. The smallest absolute Gasteiger partial charge is 0.144 e. The minimum atomic E-state index is -2.26. The number of rotatable bonds is 10. The second-order valence-corrected chi connectivity index (χ2v) is 20.6. The van der Waals surface area contributed by atoms with E-state index < -0.39 is 67.6 Å². The summed E-state index contributed by atoms with van der Waals surface area (Å²) in [4.78, 5) is 0. The molecule has 52 heavy (non-hydrogen) atoms. The summed E-state index contributed by atoms with van der Waals surface area (Å²) in [6.07, 6.45) is 4.21. The van der Waals surface area contributed by atoms with Gasteiger partial charge in [-0.15, -0.1) is 0 Å². The predicted molar refractivity (Wildman–Crippen MR) is 198 cm³/mol. The third-order valence-corrected chi connectivity index (χ3v) is 18.2. The SMILES string of the molecule is CC(CC(O)C(O)C(O)C(O)COC1C(N)C(O)C(O)C1(O)CO)[C@H]1CC[C@@]2(C)C1CC[C@]1(C)C2C=CC2[C@@]3(C)CC[C@H](C)C(C)(C)C3CC[C@]21C. The van der Waals surface area contributed by atoms with E-state index in [9.17, 15) is 40.9 Å². The zero-order valence-electron chi connectivity index (χ0n) is 33.2. The molecule has 0 aromatic rings. The molecule has 0 bridgehead atoms. The third-order valence-electron chi connectivity index (χ3n) is 18.2. The Bertz CT molecular complexity index is 1330. The topological polar surface area (TPSA) is 197 Å². The summed E-state index contributed by atoms with van der Waals surface area (Å²) in [5.41, 5.74) is 4.88. The first-order valence-corrected chi connectivity index (χ1v) is 20.5. The molecule has 6 aliphatic rings. The molecule has 6 rings (SSSR count). The fourth-order valence-electron chi connectivity index (χ4n) is 14.4. The van der Waals surface area contributed by atoms with Gasteiger partial charge in [-0.1, -0.05) is 67.5 Å². The van der Waals surface area contributed by atoms with Gasteiger partial charge in [0.2, 0.25) is 0 Å². The van der Waals surface area contributed by atoms with Gasteiger partial charge in [0, 0.05) is 0 Å². The molecular weight excluding hydrogens is 662 g/mol. The lowest BCUT2D eigenvalue weighted by molar-refractivity contribution is -0.206. The minimum Gasteiger partial charge on any atom is -0.393 e. The van der Waals surface area contributed by atoms with Crippen molar-refractivity contribution >= 4 is 0 Å². The highest BCUT2D eigenvalue weighted by atomic mass is 16.5. The zero-order chi connectivity index (χ0) is 38.6. The van der Waals surface area contributed by atoms with E-state index >= 15 is 0 Å².